The largest absolute Gasteiger partial charge is 0.497 e. The predicted octanol–water partition coefficient (Wildman–Crippen LogP) is 5.85. The quantitative estimate of drug-likeness (QED) is 0.268. The number of methoxy groups -OCH3 is 1. The Morgan fingerprint density at radius 2 is 1.89 bits per heavy atom. The summed E-state index contributed by atoms with van der Waals surface area (Å²) in [6, 6.07) is 19.2. The Morgan fingerprint density at radius 3 is 2.64 bits per heavy atom. The standard InChI is InChI=1S/C28H27N3O4S/c1-3-25-28(32)31(15-6-16-34-21-11-9-20(33-2)10-12-21)24-17-19(8-13-26(24)35-25)23-18-36-27(30-23)22-7-4-5-14-29-22/h4-5,7-14,17-18,25H,3,6,15-16H2,1-2H3. The number of pyridine rings is 1. The molecule has 1 unspecified atom stereocenters. The molecular formula is C28H27N3O4S. The van der Waals surface area contributed by atoms with Crippen molar-refractivity contribution in [3.8, 4) is 39.2 Å². The molecule has 3 heterocycles. The van der Waals surface area contributed by atoms with Crippen molar-refractivity contribution in [3.63, 3.8) is 0 Å². The van der Waals surface area contributed by atoms with Crippen molar-refractivity contribution < 1.29 is 19.0 Å². The molecule has 8 heteroatoms. The van der Waals surface area contributed by atoms with Gasteiger partial charge in [-0.3, -0.25) is 9.78 Å². The van der Waals surface area contributed by atoms with Crippen molar-refractivity contribution in [2.75, 3.05) is 25.2 Å². The molecule has 36 heavy (non-hydrogen) atoms. The molecule has 0 fully saturated rings. The van der Waals surface area contributed by atoms with Crippen LogP contribution in [0.3, 0.4) is 0 Å². The van der Waals surface area contributed by atoms with Crippen LogP contribution >= 0.6 is 11.3 Å². The second-order valence-electron chi connectivity index (χ2n) is 8.32. The second-order valence-corrected chi connectivity index (χ2v) is 9.18. The third-order valence-corrected chi connectivity index (χ3v) is 6.83. The van der Waals surface area contributed by atoms with E-state index in [1.165, 1.54) is 0 Å². The molecule has 0 spiro atoms. The van der Waals surface area contributed by atoms with Crippen LogP contribution in [0, 0.1) is 0 Å². The van der Waals surface area contributed by atoms with E-state index < -0.39 is 6.10 Å². The number of carbonyl (C=O) groups excluding carboxylic acids is 1. The number of ether oxygens (including phenoxy) is 3. The van der Waals surface area contributed by atoms with Crippen LogP contribution in [-0.4, -0.2) is 42.2 Å². The Kier molecular flexibility index (Phi) is 7.13. The first kappa shape index (κ1) is 23.8. The molecule has 0 saturated heterocycles. The fourth-order valence-corrected chi connectivity index (χ4v) is 4.87. The van der Waals surface area contributed by atoms with Gasteiger partial charge in [0.15, 0.2) is 6.10 Å². The first-order valence-corrected chi connectivity index (χ1v) is 12.8. The number of carbonyl (C=O) groups is 1. The molecular weight excluding hydrogens is 474 g/mol. The van der Waals surface area contributed by atoms with Gasteiger partial charge in [0.05, 0.1) is 30.8 Å². The number of nitrogens with zero attached hydrogens (tertiary/aromatic N) is 3. The van der Waals surface area contributed by atoms with E-state index in [0.717, 1.165) is 39.1 Å². The lowest BCUT2D eigenvalue weighted by Gasteiger charge is -2.34. The Labute approximate surface area is 214 Å². The molecule has 0 bridgehead atoms. The highest BCUT2D eigenvalue weighted by atomic mass is 32.1. The van der Waals surface area contributed by atoms with Crippen molar-refractivity contribution in [1.82, 2.24) is 9.97 Å². The minimum absolute atomic E-state index is 0.0287. The van der Waals surface area contributed by atoms with Crippen LogP contribution in [0.5, 0.6) is 17.2 Å². The van der Waals surface area contributed by atoms with Gasteiger partial charge in [-0.2, -0.15) is 0 Å². The normalized spacial score (nSPS) is 14.8. The van der Waals surface area contributed by atoms with Crippen LogP contribution < -0.4 is 19.1 Å². The molecule has 0 radical (unpaired) electrons. The van der Waals surface area contributed by atoms with Gasteiger partial charge in [-0.25, -0.2) is 4.98 Å². The van der Waals surface area contributed by atoms with Crippen LogP contribution in [0.2, 0.25) is 0 Å². The molecule has 5 rings (SSSR count). The molecule has 1 amide bonds. The van der Waals surface area contributed by atoms with E-state index in [4.69, 9.17) is 19.2 Å². The van der Waals surface area contributed by atoms with Gasteiger partial charge in [0, 0.05) is 23.7 Å². The van der Waals surface area contributed by atoms with E-state index in [9.17, 15) is 4.79 Å². The molecule has 4 aromatic rings. The number of fused-ring (bicyclic) bond motifs is 1. The van der Waals surface area contributed by atoms with Crippen molar-refractivity contribution in [2.45, 2.75) is 25.9 Å². The van der Waals surface area contributed by atoms with Crippen LogP contribution in [0.1, 0.15) is 19.8 Å². The maximum atomic E-state index is 13.2. The molecule has 1 aliphatic heterocycles. The monoisotopic (exact) mass is 501 g/mol. The van der Waals surface area contributed by atoms with Crippen LogP contribution in [-0.2, 0) is 4.79 Å². The number of benzene rings is 2. The van der Waals surface area contributed by atoms with Gasteiger partial charge in [0.1, 0.15) is 22.3 Å². The van der Waals surface area contributed by atoms with E-state index in [1.807, 2.05) is 77.9 Å². The lowest BCUT2D eigenvalue weighted by Crippen LogP contribution is -2.46. The Bertz CT molecular complexity index is 1320. The van der Waals surface area contributed by atoms with E-state index in [1.54, 1.807) is 24.6 Å². The van der Waals surface area contributed by atoms with Crippen LogP contribution in [0.25, 0.3) is 22.0 Å². The highest BCUT2D eigenvalue weighted by Crippen LogP contribution is 2.39. The molecule has 0 saturated carbocycles. The van der Waals surface area contributed by atoms with Crippen LogP contribution in [0.4, 0.5) is 5.69 Å². The third kappa shape index (κ3) is 5.04. The fourth-order valence-electron chi connectivity index (χ4n) is 4.07. The van der Waals surface area contributed by atoms with E-state index in [0.29, 0.717) is 31.7 Å². The summed E-state index contributed by atoms with van der Waals surface area (Å²) < 4.78 is 17.1. The Hall–Kier alpha value is -3.91. The average molecular weight is 502 g/mol. The molecule has 2 aromatic carbocycles. The fraction of sp³-hybridized carbons (Fsp3) is 0.250. The van der Waals surface area contributed by atoms with Crippen molar-refractivity contribution in [3.05, 3.63) is 72.2 Å². The predicted molar refractivity (Wildman–Crippen MR) is 141 cm³/mol. The average Bonchev–Trinajstić information content (AvgIpc) is 3.43. The highest BCUT2D eigenvalue weighted by molar-refractivity contribution is 7.13. The van der Waals surface area contributed by atoms with Crippen molar-refractivity contribution in [1.29, 1.82) is 0 Å². The summed E-state index contributed by atoms with van der Waals surface area (Å²) in [4.78, 5) is 24.2. The summed E-state index contributed by atoms with van der Waals surface area (Å²) in [5, 5.41) is 2.87. The zero-order chi connectivity index (χ0) is 24.9. The van der Waals surface area contributed by atoms with Gasteiger partial charge in [-0.1, -0.05) is 13.0 Å². The van der Waals surface area contributed by atoms with Gasteiger partial charge in [0.25, 0.3) is 5.91 Å². The summed E-state index contributed by atoms with van der Waals surface area (Å²) in [5.74, 6) is 2.23. The van der Waals surface area contributed by atoms with E-state index in [-0.39, 0.29) is 5.91 Å². The number of rotatable bonds is 9. The summed E-state index contributed by atoms with van der Waals surface area (Å²) in [6.07, 6.45) is 2.57. The summed E-state index contributed by atoms with van der Waals surface area (Å²) in [6.45, 7) is 2.98. The molecule has 0 N–H and O–H groups in total. The third-order valence-electron chi connectivity index (χ3n) is 5.97. The Balaban J connectivity index is 1.33. The highest BCUT2D eigenvalue weighted by Gasteiger charge is 2.33. The molecule has 1 atom stereocenters. The van der Waals surface area contributed by atoms with Crippen molar-refractivity contribution >= 4 is 22.9 Å². The number of thiazole rings is 1. The SMILES string of the molecule is CCC1Oc2ccc(-c3csc(-c4ccccn4)n3)cc2N(CCCOc2ccc(OC)cc2)C1=O. The smallest absolute Gasteiger partial charge is 0.268 e. The Morgan fingerprint density at radius 1 is 1.06 bits per heavy atom. The maximum absolute atomic E-state index is 13.2. The maximum Gasteiger partial charge on any atom is 0.268 e. The summed E-state index contributed by atoms with van der Waals surface area (Å²) in [7, 11) is 1.63. The first-order valence-electron chi connectivity index (χ1n) is 11.9. The summed E-state index contributed by atoms with van der Waals surface area (Å²) in [5.41, 5.74) is 3.38. The molecule has 7 nitrogen and oxygen atoms in total. The summed E-state index contributed by atoms with van der Waals surface area (Å²) >= 11 is 1.55. The number of aromatic nitrogens is 2. The van der Waals surface area contributed by atoms with Gasteiger partial charge in [-0.15, -0.1) is 11.3 Å². The van der Waals surface area contributed by atoms with Crippen LogP contribution in [0.15, 0.2) is 72.2 Å². The topological polar surface area (TPSA) is 73.8 Å². The van der Waals surface area contributed by atoms with E-state index >= 15 is 0 Å². The zero-order valence-corrected chi connectivity index (χ0v) is 21.0. The van der Waals surface area contributed by atoms with E-state index in [2.05, 4.69) is 4.98 Å². The van der Waals surface area contributed by atoms with Crippen molar-refractivity contribution in [2.24, 2.45) is 0 Å². The zero-order valence-electron chi connectivity index (χ0n) is 20.2. The second kappa shape index (κ2) is 10.8. The number of amides is 1. The van der Waals surface area contributed by atoms with Gasteiger partial charge in [0.2, 0.25) is 0 Å². The number of anilines is 1. The number of hydrogen-bond donors (Lipinski definition) is 0. The minimum Gasteiger partial charge on any atom is -0.497 e. The lowest BCUT2D eigenvalue weighted by molar-refractivity contribution is -0.126. The first-order chi connectivity index (χ1) is 17.7. The number of hydrogen-bond acceptors (Lipinski definition) is 7. The molecule has 0 aliphatic carbocycles. The molecule has 1 aliphatic rings. The van der Waals surface area contributed by atoms with Gasteiger partial charge >= 0.3 is 0 Å². The van der Waals surface area contributed by atoms with Gasteiger partial charge in [-0.05, 0) is 67.4 Å². The van der Waals surface area contributed by atoms with Gasteiger partial charge < -0.3 is 19.1 Å². The minimum atomic E-state index is -0.485. The molecule has 2 aromatic heterocycles. The molecule has 184 valence electrons. The lowest BCUT2D eigenvalue weighted by atomic mass is 10.1.